The second kappa shape index (κ2) is 7.41. The Bertz CT molecular complexity index is 514. The Morgan fingerprint density at radius 1 is 1.26 bits per heavy atom. The van der Waals surface area contributed by atoms with Gasteiger partial charge in [0.1, 0.15) is 0 Å². The Kier molecular flexibility index (Phi) is 5.76. The van der Waals surface area contributed by atoms with Crippen molar-refractivity contribution in [3.8, 4) is 0 Å². The van der Waals surface area contributed by atoms with E-state index in [9.17, 15) is 9.90 Å². The molecule has 1 amide bonds. The van der Waals surface area contributed by atoms with Crippen LogP contribution in [0.4, 0.5) is 0 Å². The van der Waals surface area contributed by atoms with Gasteiger partial charge in [-0.1, -0.05) is 26.8 Å². The number of piperazine rings is 1. The zero-order valence-electron chi connectivity index (χ0n) is 14.7. The number of aryl methyl sites for hydroxylation is 1. The number of β-amino-alcohol motifs (C(OH)–C–C–N with tert-alkyl or cyclic N) is 1. The standard InChI is InChI=1S/C18H29N3O2/c1-14-5-6-15(12-19-14)11-17(23)21-9-7-20(8-10-21)13-16(22)18(2,3)4/h5-6,12,16,22H,7-11,13H2,1-4H3/t16-/m1/s1. The molecule has 1 aromatic rings. The lowest BCUT2D eigenvalue weighted by Gasteiger charge is -2.38. The summed E-state index contributed by atoms with van der Waals surface area (Å²) in [5.74, 6) is 0.159. The van der Waals surface area contributed by atoms with Gasteiger partial charge in [-0.15, -0.1) is 0 Å². The number of aromatic nitrogens is 1. The van der Waals surface area contributed by atoms with Gasteiger partial charge < -0.3 is 10.0 Å². The number of hydrogen-bond donors (Lipinski definition) is 1. The molecule has 5 nitrogen and oxygen atoms in total. The molecule has 128 valence electrons. The summed E-state index contributed by atoms with van der Waals surface area (Å²) in [6, 6.07) is 3.91. The topological polar surface area (TPSA) is 56.7 Å². The second-order valence-electron chi connectivity index (χ2n) is 7.55. The van der Waals surface area contributed by atoms with Crippen LogP contribution in [-0.4, -0.2) is 64.6 Å². The van der Waals surface area contributed by atoms with E-state index in [4.69, 9.17) is 0 Å². The van der Waals surface area contributed by atoms with E-state index in [2.05, 4.69) is 9.88 Å². The van der Waals surface area contributed by atoms with Gasteiger partial charge in [0, 0.05) is 44.6 Å². The van der Waals surface area contributed by atoms with Gasteiger partial charge >= 0.3 is 0 Å². The molecule has 0 spiro atoms. The summed E-state index contributed by atoms with van der Waals surface area (Å²) in [6.07, 6.45) is 1.85. The highest BCUT2D eigenvalue weighted by molar-refractivity contribution is 5.78. The zero-order valence-corrected chi connectivity index (χ0v) is 14.7. The monoisotopic (exact) mass is 319 g/mol. The number of amides is 1. The van der Waals surface area contributed by atoms with E-state index >= 15 is 0 Å². The highest BCUT2D eigenvalue weighted by atomic mass is 16.3. The first kappa shape index (κ1) is 17.9. The van der Waals surface area contributed by atoms with Gasteiger partial charge in [-0.25, -0.2) is 0 Å². The molecule has 0 radical (unpaired) electrons. The van der Waals surface area contributed by atoms with Gasteiger partial charge in [-0.2, -0.15) is 0 Å². The molecule has 1 fully saturated rings. The lowest BCUT2D eigenvalue weighted by Crippen LogP contribution is -2.52. The predicted octanol–water partition coefficient (Wildman–Crippen LogP) is 1.48. The molecule has 2 rings (SSSR count). The average Bonchev–Trinajstić information content (AvgIpc) is 2.49. The number of aliphatic hydroxyl groups excluding tert-OH is 1. The summed E-state index contributed by atoms with van der Waals surface area (Å²) in [7, 11) is 0. The van der Waals surface area contributed by atoms with Gasteiger partial charge in [0.25, 0.3) is 0 Å². The van der Waals surface area contributed by atoms with Crippen molar-refractivity contribution in [2.24, 2.45) is 5.41 Å². The summed E-state index contributed by atoms with van der Waals surface area (Å²) in [6.45, 7) is 11.9. The molecule has 23 heavy (non-hydrogen) atoms. The molecule has 1 N–H and O–H groups in total. The molecule has 5 heteroatoms. The molecule has 1 saturated heterocycles. The molecule has 0 saturated carbocycles. The van der Waals surface area contributed by atoms with Gasteiger partial charge in [0.2, 0.25) is 5.91 Å². The Morgan fingerprint density at radius 3 is 2.43 bits per heavy atom. The van der Waals surface area contributed by atoms with Crippen molar-refractivity contribution >= 4 is 5.91 Å². The molecule has 0 bridgehead atoms. The maximum Gasteiger partial charge on any atom is 0.227 e. The number of nitrogens with zero attached hydrogens (tertiary/aromatic N) is 3. The number of carbonyl (C=O) groups is 1. The molecule has 2 heterocycles. The SMILES string of the molecule is Cc1ccc(CC(=O)N2CCN(C[C@@H](O)C(C)(C)C)CC2)cn1. The third kappa shape index (κ3) is 5.29. The fraction of sp³-hybridized carbons (Fsp3) is 0.667. The lowest BCUT2D eigenvalue weighted by molar-refractivity contribution is -0.132. The Morgan fingerprint density at radius 2 is 1.91 bits per heavy atom. The third-order valence-electron chi connectivity index (χ3n) is 4.48. The van der Waals surface area contributed by atoms with E-state index in [-0.39, 0.29) is 17.4 Å². The second-order valence-corrected chi connectivity index (χ2v) is 7.55. The van der Waals surface area contributed by atoms with Crippen molar-refractivity contribution in [1.29, 1.82) is 0 Å². The van der Waals surface area contributed by atoms with Gasteiger partial charge in [0.05, 0.1) is 12.5 Å². The number of hydrogen-bond acceptors (Lipinski definition) is 4. The summed E-state index contributed by atoms with van der Waals surface area (Å²) in [5.41, 5.74) is 1.82. The molecule has 1 atom stereocenters. The van der Waals surface area contributed by atoms with Crippen LogP contribution in [0, 0.1) is 12.3 Å². The molecule has 1 aliphatic heterocycles. The van der Waals surface area contributed by atoms with Crippen molar-refractivity contribution in [3.05, 3.63) is 29.6 Å². The van der Waals surface area contributed by atoms with Crippen LogP contribution in [0.3, 0.4) is 0 Å². The van der Waals surface area contributed by atoms with Crippen LogP contribution >= 0.6 is 0 Å². The predicted molar refractivity (Wildman–Crippen MR) is 91.2 cm³/mol. The number of pyridine rings is 1. The fourth-order valence-electron chi connectivity index (χ4n) is 2.59. The molecular weight excluding hydrogens is 290 g/mol. The van der Waals surface area contributed by atoms with Crippen LogP contribution in [0.1, 0.15) is 32.0 Å². The summed E-state index contributed by atoms with van der Waals surface area (Å²) in [4.78, 5) is 20.8. The molecule has 0 aromatic carbocycles. The first-order chi connectivity index (χ1) is 10.8. The van der Waals surface area contributed by atoms with Crippen LogP contribution in [0.2, 0.25) is 0 Å². The van der Waals surface area contributed by atoms with Crippen molar-refractivity contribution < 1.29 is 9.90 Å². The van der Waals surface area contributed by atoms with Crippen molar-refractivity contribution in [2.75, 3.05) is 32.7 Å². The minimum atomic E-state index is -0.344. The van der Waals surface area contributed by atoms with Crippen molar-refractivity contribution in [3.63, 3.8) is 0 Å². The molecular formula is C18H29N3O2. The van der Waals surface area contributed by atoms with Crippen molar-refractivity contribution in [1.82, 2.24) is 14.8 Å². The Labute approximate surface area is 139 Å². The Balaban J connectivity index is 1.79. The van der Waals surface area contributed by atoms with Crippen LogP contribution in [0.5, 0.6) is 0 Å². The van der Waals surface area contributed by atoms with Crippen LogP contribution < -0.4 is 0 Å². The van der Waals surface area contributed by atoms with Crippen molar-refractivity contribution in [2.45, 2.75) is 40.2 Å². The van der Waals surface area contributed by atoms with E-state index < -0.39 is 0 Å². The third-order valence-corrected chi connectivity index (χ3v) is 4.48. The number of carbonyl (C=O) groups excluding carboxylic acids is 1. The van der Waals surface area contributed by atoms with Gasteiger partial charge in [-0.3, -0.25) is 14.7 Å². The van der Waals surface area contributed by atoms with E-state index in [0.717, 1.165) is 37.4 Å². The maximum absolute atomic E-state index is 12.4. The summed E-state index contributed by atoms with van der Waals surface area (Å²) in [5, 5.41) is 10.2. The molecule has 1 aromatic heterocycles. The maximum atomic E-state index is 12.4. The quantitative estimate of drug-likeness (QED) is 0.913. The molecule has 0 aliphatic carbocycles. The lowest BCUT2D eigenvalue weighted by atomic mass is 9.89. The summed E-state index contributed by atoms with van der Waals surface area (Å²) < 4.78 is 0. The van der Waals surface area contributed by atoms with E-state index in [1.54, 1.807) is 6.20 Å². The van der Waals surface area contributed by atoms with Crippen LogP contribution in [-0.2, 0) is 11.2 Å². The van der Waals surface area contributed by atoms with Gasteiger partial charge in [0.15, 0.2) is 0 Å². The minimum Gasteiger partial charge on any atom is -0.391 e. The first-order valence-electron chi connectivity index (χ1n) is 8.35. The van der Waals surface area contributed by atoms with E-state index in [1.807, 2.05) is 44.7 Å². The van der Waals surface area contributed by atoms with E-state index in [1.165, 1.54) is 0 Å². The smallest absolute Gasteiger partial charge is 0.227 e. The first-order valence-corrected chi connectivity index (χ1v) is 8.35. The number of aliphatic hydroxyl groups is 1. The summed E-state index contributed by atoms with van der Waals surface area (Å²) >= 11 is 0. The average molecular weight is 319 g/mol. The van der Waals surface area contributed by atoms with E-state index in [0.29, 0.717) is 13.0 Å². The molecule has 0 unspecified atom stereocenters. The number of rotatable bonds is 4. The Hall–Kier alpha value is -1.46. The van der Waals surface area contributed by atoms with Crippen LogP contribution in [0.15, 0.2) is 18.3 Å². The fourth-order valence-corrected chi connectivity index (χ4v) is 2.59. The van der Waals surface area contributed by atoms with Gasteiger partial charge in [-0.05, 0) is 24.0 Å². The van der Waals surface area contributed by atoms with Crippen LogP contribution in [0.25, 0.3) is 0 Å². The normalized spacial score (nSPS) is 18.0. The highest BCUT2D eigenvalue weighted by Gasteiger charge is 2.27. The zero-order chi connectivity index (χ0) is 17.0. The minimum absolute atomic E-state index is 0.106. The largest absolute Gasteiger partial charge is 0.391 e. The molecule has 1 aliphatic rings. The highest BCUT2D eigenvalue weighted by Crippen LogP contribution is 2.20.